The van der Waals surface area contributed by atoms with Gasteiger partial charge in [-0.3, -0.25) is 9.42 Å². The number of esters is 1. The van der Waals surface area contributed by atoms with Crippen molar-refractivity contribution in [2.45, 2.75) is 77.7 Å². The van der Waals surface area contributed by atoms with E-state index in [1.807, 2.05) is 18.2 Å². The summed E-state index contributed by atoms with van der Waals surface area (Å²) in [6.45, 7) is 2.58. The second-order valence-electron chi connectivity index (χ2n) is 8.16. The molecule has 0 bridgehead atoms. The second-order valence-corrected chi connectivity index (χ2v) is 9.54. The van der Waals surface area contributed by atoms with Crippen LogP contribution in [0.15, 0.2) is 54.6 Å². The fourth-order valence-corrected chi connectivity index (χ4v) is 4.13. The van der Waals surface area contributed by atoms with E-state index in [0.717, 1.165) is 18.4 Å². The number of carbonyl (C=O) groups excluding carboxylic acids is 1. The van der Waals surface area contributed by atoms with Gasteiger partial charge in [-0.2, -0.15) is 0 Å². The summed E-state index contributed by atoms with van der Waals surface area (Å²) in [4.78, 5) is 22.1. The van der Waals surface area contributed by atoms with E-state index in [9.17, 15) is 14.3 Å². The molecule has 0 fully saturated rings. The van der Waals surface area contributed by atoms with E-state index < -0.39 is 13.8 Å². The van der Waals surface area contributed by atoms with Gasteiger partial charge in [0.25, 0.3) is 0 Å². The normalized spacial score (nSPS) is 12.8. The van der Waals surface area contributed by atoms with Gasteiger partial charge in [0.15, 0.2) is 0 Å². The van der Waals surface area contributed by atoms with Gasteiger partial charge in [0, 0.05) is 0 Å². The van der Waals surface area contributed by atoms with Crippen molar-refractivity contribution >= 4 is 13.8 Å². The molecular weight excluding hydrogens is 439 g/mol. The van der Waals surface area contributed by atoms with E-state index in [1.54, 1.807) is 12.1 Å². The highest BCUT2D eigenvalue weighted by atomic mass is 31.2. The summed E-state index contributed by atoms with van der Waals surface area (Å²) >= 11 is 0. The van der Waals surface area contributed by atoms with Crippen molar-refractivity contribution in [2.75, 3.05) is 6.61 Å². The van der Waals surface area contributed by atoms with Gasteiger partial charge in [-0.1, -0.05) is 95.0 Å². The Labute approximate surface area is 197 Å². The van der Waals surface area contributed by atoms with Crippen molar-refractivity contribution in [1.29, 1.82) is 0 Å². The molecule has 182 valence electrons. The maximum atomic E-state index is 12.2. The van der Waals surface area contributed by atoms with Gasteiger partial charge in [-0.15, -0.1) is 0 Å². The molecule has 0 aliphatic heterocycles. The van der Waals surface area contributed by atoms with Crippen LogP contribution in [0.25, 0.3) is 0 Å². The molecule has 0 saturated heterocycles. The summed E-state index contributed by atoms with van der Waals surface area (Å²) in [7, 11) is -4.28. The van der Waals surface area contributed by atoms with Gasteiger partial charge in [0.2, 0.25) is 0 Å². The highest BCUT2D eigenvalue weighted by molar-refractivity contribution is 7.47. The molecule has 0 saturated carbocycles. The van der Waals surface area contributed by atoms with Crippen molar-refractivity contribution < 1.29 is 28.0 Å². The molecule has 0 aliphatic carbocycles. The first-order valence-corrected chi connectivity index (χ1v) is 13.5. The molecule has 2 aromatic rings. The van der Waals surface area contributed by atoms with Crippen LogP contribution in [0.3, 0.4) is 0 Å². The first kappa shape index (κ1) is 27.1. The van der Waals surface area contributed by atoms with Crippen LogP contribution < -0.4 is 4.52 Å². The summed E-state index contributed by atoms with van der Waals surface area (Å²) in [5.74, 6) is -0.273. The molecule has 1 atom stereocenters. The lowest BCUT2D eigenvalue weighted by Crippen LogP contribution is -2.06. The third kappa shape index (κ3) is 12.0. The first-order chi connectivity index (χ1) is 16.0. The van der Waals surface area contributed by atoms with Crippen molar-refractivity contribution in [2.24, 2.45) is 0 Å². The molecule has 0 heterocycles. The van der Waals surface area contributed by atoms with Crippen molar-refractivity contribution in [3.8, 4) is 5.75 Å². The molecule has 1 unspecified atom stereocenters. The maximum Gasteiger partial charge on any atom is 0.527 e. The molecule has 2 aromatic carbocycles. The number of benzene rings is 2. The molecule has 6 nitrogen and oxygen atoms in total. The Kier molecular flexibility index (Phi) is 12.9. The van der Waals surface area contributed by atoms with E-state index in [-0.39, 0.29) is 12.4 Å². The summed E-state index contributed by atoms with van der Waals surface area (Å²) in [6, 6.07) is 15.0. The topological polar surface area (TPSA) is 82.1 Å². The molecule has 2 rings (SSSR count). The number of hydrogen-bond acceptors (Lipinski definition) is 5. The Hall–Kier alpha value is -2.14. The molecule has 0 radical (unpaired) electrons. The minimum Gasteiger partial charge on any atom is -0.462 e. The third-order valence-corrected chi connectivity index (χ3v) is 6.18. The Morgan fingerprint density at radius 2 is 1.39 bits per heavy atom. The highest BCUT2D eigenvalue weighted by Gasteiger charge is 2.23. The Bertz CT molecular complexity index is 838. The Balaban J connectivity index is 1.60. The van der Waals surface area contributed by atoms with E-state index in [4.69, 9.17) is 13.8 Å². The molecule has 0 spiro atoms. The van der Waals surface area contributed by atoms with Crippen molar-refractivity contribution in [1.82, 2.24) is 0 Å². The number of carbonyl (C=O) groups is 1. The lowest BCUT2D eigenvalue weighted by atomic mass is 10.1. The zero-order chi connectivity index (χ0) is 23.8. The lowest BCUT2D eigenvalue weighted by Gasteiger charge is -2.13. The van der Waals surface area contributed by atoms with Gasteiger partial charge in [0.05, 0.1) is 18.8 Å². The fraction of sp³-hybridized carbons (Fsp3) is 0.500. The molecule has 0 aliphatic rings. The molecule has 0 aromatic heterocycles. The monoisotopic (exact) mass is 476 g/mol. The summed E-state index contributed by atoms with van der Waals surface area (Å²) in [5.41, 5.74) is 1.13. The largest absolute Gasteiger partial charge is 0.527 e. The van der Waals surface area contributed by atoms with Gasteiger partial charge in [-0.25, -0.2) is 9.36 Å². The number of phosphoric acid groups is 1. The predicted octanol–water partition coefficient (Wildman–Crippen LogP) is 7.46. The van der Waals surface area contributed by atoms with Crippen LogP contribution in [0.4, 0.5) is 0 Å². The number of rotatable bonds is 17. The van der Waals surface area contributed by atoms with Gasteiger partial charge >= 0.3 is 13.8 Å². The molecule has 0 amide bonds. The predicted molar refractivity (Wildman–Crippen MR) is 130 cm³/mol. The molecule has 33 heavy (non-hydrogen) atoms. The van der Waals surface area contributed by atoms with Gasteiger partial charge in [-0.05, 0) is 36.2 Å². The minimum absolute atomic E-state index is 0.0437. The Morgan fingerprint density at radius 3 is 2.00 bits per heavy atom. The van der Waals surface area contributed by atoms with E-state index in [1.165, 1.54) is 75.6 Å². The van der Waals surface area contributed by atoms with E-state index in [0.29, 0.717) is 12.2 Å². The average molecular weight is 477 g/mol. The number of phosphoric ester groups is 1. The van der Waals surface area contributed by atoms with Crippen LogP contribution in [-0.2, 0) is 20.4 Å². The van der Waals surface area contributed by atoms with Crippen LogP contribution >= 0.6 is 7.82 Å². The maximum absolute atomic E-state index is 12.2. The van der Waals surface area contributed by atoms with Crippen LogP contribution in [0, 0.1) is 0 Å². The minimum atomic E-state index is -4.28. The number of ether oxygens (including phenoxy) is 1. The summed E-state index contributed by atoms with van der Waals surface area (Å²) < 4.78 is 27.5. The van der Waals surface area contributed by atoms with Gasteiger partial charge in [0.1, 0.15) is 5.75 Å². The van der Waals surface area contributed by atoms with Crippen molar-refractivity contribution in [3.63, 3.8) is 0 Å². The molecule has 7 heteroatoms. The standard InChI is InChI=1S/C26H37O6P/c1-2-3-4-5-6-7-8-9-10-14-21-30-26(27)24-17-19-25(20-18-24)32-33(28,29)31-22-23-15-12-11-13-16-23/h11-13,15-20H,2-10,14,21-22H2,1H3,(H,28,29). The molecular formula is C26H37O6P. The summed E-state index contributed by atoms with van der Waals surface area (Å²) in [6.07, 6.45) is 12.2. The summed E-state index contributed by atoms with van der Waals surface area (Å²) in [5, 5.41) is 0. The lowest BCUT2D eigenvalue weighted by molar-refractivity contribution is 0.0497. The van der Waals surface area contributed by atoms with E-state index >= 15 is 0 Å². The third-order valence-electron chi connectivity index (χ3n) is 5.28. The Morgan fingerprint density at radius 1 is 0.818 bits per heavy atom. The van der Waals surface area contributed by atoms with Crippen LogP contribution in [0.5, 0.6) is 5.75 Å². The van der Waals surface area contributed by atoms with E-state index in [2.05, 4.69) is 6.92 Å². The number of hydrogen-bond donors (Lipinski definition) is 1. The van der Waals surface area contributed by atoms with Crippen molar-refractivity contribution in [3.05, 3.63) is 65.7 Å². The van der Waals surface area contributed by atoms with Crippen LogP contribution in [-0.4, -0.2) is 17.5 Å². The smallest absolute Gasteiger partial charge is 0.462 e. The quantitative estimate of drug-likeness (QED) is 0.145. The number of unbranched alkanes of at least 4 members (excludes halogenated alkanes) is 9. The molecule has 1 N–H and O–H groups in total. The zero-order valence-corrected chi connectivity index (χ0v) is 20.5. The highest BCUT2D eigenvalue weighted by Crippen LogP contribution is 2.44. The first-order valence-electron chi connectivity index (χ1n) is 12.0. The average Bonchev–Trinajstić information content (AvgIpc) is 2.82. The zero-order valence-electron chi connectivity index (χ0n) is 19.6. The SMILES string of the molecule is CCCCCCCCCCCCOC(=O)c1ccc(OP(=O)(O)OCc2ccccc2)cc1. The van der Waals surface area contributed by atoms with Crippen LogP contribution in [0.2, 0.25) is 0 Å². The second kappa shape index (κ2) is 15.7. The fourth-order valence-electron chi connectivity index (χ4n) is 3.38. The van der Waals surface area contributed by atoms with Crippen LogP contribution in [0.1, 0.15) is 87.1 Å². The van der Waals surface area contributed by atoms with Gasteiger partial charge < -0.3 is 9.26 Å².